The summed E-state index contributed by atoms with van der Waals surface area (Å²) in [4.78, 5) is 2.37. The number of methoxy groups -OCH3 is 1. The molecule has 0 radical (unpaired) electrons. The predicted molar refractivity (Wildman–Crippen MR) is 73.7 cm³/mol. The fraction of sp³-hybridized carbons (Fsp3) is 0.538. The van der Waals surface area contributed by atoms with Gasteiger partial charge in [0.15, 0.2) is 0 Å². The average Bonchev–Trinajstić information content (AvgIpc) is 2.36. The van der Waals surface area contributed by atoms with Crippen LogP contribution < -0.4 is 15.8 Å². The molecule has 1 rings (SSSR count). The van der Waals surface area contributed by atoms with Gasteiger partial charge in [-0.15, -0.1) is 0 Å². The van der Waals surface area contributed by atoms with Crippen molar-refractivity contribution in [2.45, 2.75) is 13.8 Å². The summed E-state index contributed by atoms with van der Waals surface area (Å²) in [5.41, 5.74) is 7.62. The molecule has 0 amide bonds. The zero-order chi connectivity index (χ0) is 12.7. The number of hydrogen-bond donors (Lipinski definition) is 2. The lowest BCUT2D eigenvalue weighted by atomic mass is 10.2. The Kier molecular flexibility index (Phi) is 5.63. The van der Waals surface area contributed by atoms with E-state index < -0.39 is 0 Å². The van der Waals surface area contributed by atoms with Crippen molar-refractivity contribution in [3.63, 3.8) is 0 Å². The number of rotatable bonds is 7. The van der Waals surface area contributed by atoms with Gasteiger partial charge in [0.25, 0.3) is 0 Å². The molecular formula is C13H23N3O. The summed E-state index contributed by atoms with van der Waals surface area (Å²) in [5.74, 6) is 0.789. The van der Waals surface area contributed by atoms with Crippen molar-refractivity contribution >= 4 is 11.4 Å². The van der Waals surface area contributed by atoms with E-state index in [9.17, 15) is 0 Å². The van der Waals surface area contributed by atoms with E-state index in [0.717, 1.165) is 43.3 Å². The minimum Gasteiger partial charge on any atom is -0.497 e. The van der Waals surface area contributed by atoms with Crippen LogP contribution in [0.4, 0.5) is 11.4 Å². The van der Waals surface area contributed by atoms with Crippen molar-refractivity contribution < 1.29 is 4.74 Å². The fourth-order valence-electron chi connectivity index (χ4n) is 1.72. The summed E-state index contributed by atoms with van der Waals surface area (Å²) in [6.45, 7) is 8.43. The van der Waals surface area contributed by atoms with Gasteiger partial charge in [-0.2, -0.15) is 0 Å². The highest BCUT2D eigenvalue weighted by Crippen LogP contribution is 2.23. The Morgan fingerprint density at radius 1 is 1.29 bits per heavy atom. The number of anilines is 2. The predicted octanol–water partition coefficient (Wildman–Crippen LogP) is 2.03. The van der Waals surface area contributed by atoms with E-state index in [2.05, 4.69) is 24.1 Å². The Balaban J connectivity index is 2.46. The maximum absolute atomic E-state index is 5.92. The van der Waals surface area contributed by atoms with E-state index in [4.69, 9.17) is 10.5 Å². The highest BCUT2D eigenvalue weighted by atomic mass is 16.5. The van der Waals surface area contributed by atoms with Crippen molar-refractivity contribution in [3.8, 4) is 5.75 Å². The van der Waals surface area contributed by atoms with Gasteiger partial charge >= 0.3 is 0 Å². The van der Waals surface area contributed by atoms with E-state index in [1.165, 1.54) is 0 Å². The molecular weight excluding hydrogens is 214 g/mol. The second kappa shape index (κ2) is 7.01. The summed E-state index contributed by atoms with van der Waals surface area (Å²) < 4.78 is 5.11. The third-order valence-corrected chi connectivity index (χ3v) is 2.90. The van der Waals surface area contributed by atoms with Crippen LogP contribution in [0.15, 0.2) is 18.2 Å². The third kappa shape index (κ3) is 4.15. The average molecular weight is 237 g/mol. The molecule has 17 heavy (non-hydrogen) atoms. The first-order chi connectivity index (χ1) is 8.21. The maximum Gasteiger partial charge on any atom is 0.121 e. The first-order valence-corrected chi connectivity index (χ1v) is 6.11. The molecule has 0 spiro atoms. The summed E-state index contributed by atoms with van der Waals surface area (Å²) in [6.07, 6.45) is 0. The van der Waals surface area contributed by atoms with Gasteiger partial charge in [0, 0.05) is 19.2 Å². The normalized spacial score (nSPS) is 10.6. The Morgan fingerprint density at radius 2 is 2.00 bits per heavy atom. The van der Waals surface area contributed by atoms with Crippen molar-refractivity contribution in [2.24, 2.45) is 0 Å². The highest BCUT2D eigenvalue weighted by molar-refractivity contribution is 5.68. The van der Waals surface area contributed by atoms with Gasteiger partial charge in [-0.3, -0.25) is 0 Å². The molecule has 0 fully saturated rings. The van der Waals surface area contributed by atoms with Gasteiger partial charge in [0.2, 0.25) is 0 Å². The highest BCUT2D eigenvalue weighted by Gasteiger charge is 2.02. The second-order valence-electron chi connectivity index (χ2n) is 3.91. The van der Waals surface area contributed by atoms with E-state index in [-0.39, 0.29) is 0 Å². The molecule has 4 heteroatoms. The Bertz CT molecular complexity index is 337. The van der Waals surface area contributed by atoms with Crippen LogP contribution >= 0.6 is 0 Å². The van der Waals surface area contributed by atoms with Gasteiger partial charge in [-0.25, -0.2) is 0 Å². The van der Waals surface area contributed by atoms with Crippen LogP contribution in [0.25, 0.3) is 0 Å². The van der Waals surface area contributed by atoms with Gasteiger partial charge < -0.3 is 20.7 Å². The fourth-order valence-corrected chi connectivity index (χ4v) is 1.72. The zero-order valence-electron chi connectivity index (χ0n) is 11.0. The lowest BCUT2D eigenvalue weighted by molar-refractivity contribution is 0.316. The molecule has 0 saturated heterocycles. The van der Waals surface area contributed by atoms with Crippen LogP contribution in [0, 0.1) is 0 Å². The number of nitrogens with zero attached hydrogens (tertiary/aromatic N) is 1. The van der Waals surface area contributed by atoms with Gasteiger partial charge in [-0.05, 0) is 25.2 Å². The lowest BCUT2D eigenvalue weighted by Gasteiger charge is -2.19. The monoisotopic (exact) mass is 237 g/mol. The van der Waals surface area contributed by atoms with Crippen molar-refractivity contribution in [1.82, 2.24) is 4.90 Å². The number of ether oxygens (including phenoxy) is 1. The molecule has 0 saturated carbocycles. The van der Waals surface area contributed by atoms with Crippen LogP contribution in [0.1, 0.15) is 13.8 Å². The molecule has 1 aromatic carbocycles. The van der Waals surface area contributed by atoms with Crippen molar-refractivity contribution in [2.75, 3.05) is 44.3 Å². The molecule has 0 unspecified atom stereocenters. The molecule has 3 N–H and O–H groups in total. The number of hydrogen-bond acceptors (Lipinski definition) is 4. The molecule has 0 aliphatic rings. The van der Waals surface area contributed by atoms with E-state index in [1.807, 2.05) is 18.2 Å². The van der Waals surface area contributed by atoms with Crippen LogP contribution in [0.3, 0.4) is 0 Å². The number of likely N-dealkylation sites (N-methyl/N-ethyl adjacent to an activating group) is 1. The van der Waals surface area contributed by atoms with Crippen molar-refractivity contribution in [3.05, 3.63) is 18.2 Å². The SMILES string of the molecule is CCN(CC)CCNc1ccc(OC)cc1N. The molecule has 0 aromatic heterocycles. The third-order valence-electron chi connectivity index (χ3n) is 2.90. The first-order valence-electron chi connectivity index (χ1n) is 6.11. The molecule has 0 aliphatic carbocycles. The van der Waals surface area contributed by atoms with E-state index >= 15 is 0 Å². The number of nitrogens with two attached hydrogens (primary N) is 1. The summed E-state index contributed by atoms with van der Waals surface area (Å²) >= 11 is 0. The van der Waals surface area contributed by atoms with Crippen LogP contribution in [-0.4, -0.2) is 38.2 Å². The maximum atomic E-state index is 5.92. The second-order valence-corrected chi connectivity index (χ2v) is 3.91. The number of nitrogens with one attached hydrogen (secondary N) is 1. The van der Waals surface area contributed by atoms with E-state index in [0.29, 0.717) is 0 Å². The quantitative estimate of drug-likeness (QED) is 0.712. The van der Waals surface area contributed by atoms with Crippen molar-refractivity contribution in [1.29, 1.82) is 0 Å². The minimum atomic E-state index is 0.726. The Labute approximate surface area is 104 Å². The topological polar surface area (TPSA) is 50.5 Å². The molecule has 0 aliphatic heterocycles. The van der Waals surface area contributed by atoms with Gasteiger partial charge in [0.05, 0.1) is 18.5 Å². The standard InChI is InChI=1S/C13H23N3O/c1-4-16(5-2)9-8-15-13-7-6-11(17-3)10-12(13)14/h6-7,10,15H,4-5,8-9,14H2,1-3H3. The molecule has 0 bridgehead atoms. The van der Waals surface area contributed by atoms with Gasteiger partial charge in [0.1, 0.15) is 5.75 Å². The van der Waals surface area contributed by atoms with Crippen LogP contribution in [0.2, 0.25) is 0 Å². The molecule has 4 nitrogen and oxygen atoms in total. The summed E-state index contributed by atoms with van der Waals surface area (Å²) in [7, 11) is 1.64. The van der Waals surface area contributed by atoms with Crippen LogP contribution in [-0.2, 0) is 0 Å². The Morgan fingerprint density at radius 3 is 2.53 bits per heavy atom. The largest absolute Gasteiger partial charge is 0.497 e. The smallest absolute Gasteiger partial charge is 0.121 e. The van der Waals surface area contributed by atoms with E-state index in [1.54, 1.807) is 7.11 Å². The zero-order valence-corrected chi connectivity index (χ0v) is 11.0. The molecule has 1 aromatic rings. The minimum absolute atomic E-state index is 0.726. The van der Waals surface area contributed by atoms with Crippen LogP contribution in [0.5, 0.6) is 5.75 Å². The summed E-state index contributed by atoms with van der Waals surface area (Å²) in [6, 6.07) is 5.70. The molecule has 96 valence electrons. The molecule has 0 heterocycles. The summed E-state index contributed by atoms with van der Waals surface area (Å²) in [5, 5.41) is 3.34. The van der Waals surface area contributed by atoms with Gasteiger partial charge in [-0.1, -0.05) is 13.8 Å². The molecule has 0 atom stereocenters. The lowest BCUT2D eigenvalue weighted by Crippen LogP contribution is -2.28. The number of nitrogen functional groups attached to an aromatic ring is 1. The number of benzene rings is 1. The Hall–Kier alpha value is -1.42. The first kappa shape index (κ1) is 13.6.